The fraction of sp³-hybridized carbons (Fsp3) is 0.176. The van der Waals surface area contributed by atoms with Gasteiger partial charge in [-0.15, -0.1) is 0 Å². The van der Waals surface area contributed by atoms with E-state index in [1.165, 1.54) is 6.20 Å². The summed E-state index contributed by atoms with van der Waals surface area (Å²) >= 11 is 0. The average molecular weight is 323 g/mol. The molecule has 0 fully saturated rings. The number of hydrogen-bond donors (Lipinski definition) is 2. The number of amides is 1. The highest BCUT2D eigenvalue weighted by atomic mass is 16.5. The zero-order valence-electron chi connectivity index (χ0n) is 13.4. The minimum atomic E-state index is -0.345. The molecule has 3 aromatic rings. The van der Waals surface area contributed by atoms with E-state index in [1.54, 1.807) is 24.4 Å². The van der Waals surface area contributed by atoms with Crippen molar-refractivity contribution >= 4 is 11.6 Å². The molecular formula is C17H17N5O2. The van der Waals surface area contributed by atoms with Crippen molar-refractivity contribution in [1.29, 1.82) is 0 Å². The van der Waals surface area contributed by atoms with Crippen LogP contribution in [0.4, 0.5) is 5.69 Å². The Bertz CT molecular complexity index is 830. The van der Waals surface area contributed by atoms with Crippen LogP contribution in [0.25, 0.3) is 11.4 Å². The number of nitrogens with one attached hydrogen (secondary N) is 2. The second-order valence-corrected chi connectivity index (χ2v) is 5.36. The molecular weight excluding hydrogens is 306 g/mol. The van der Waals surface area contributed by atoms with Crippen LogP contribution in [0.3, 0.4) is 0 Å². The zero-order chi connectivity index (χ0) is 16.9. The van der Waals surface area contributed by atoms with Crippen LogP contribution in [-0.4, -0.2) is 32.2 Å². The van der Waals surface area contributed by atoms with Crippen molar-refractivity contribution in [3.63, 3.8) is 0 Å². The maximum atomic E-state index is 12.4. The third kappa shape index (κ3) is 3.57. The summed E-state index contributed by atoms with van der Waals surface area (Å²) in [4.78, 5) is 20.9. The van der Waals surface area contributed by atoms with Crippen molar-refractivity contribution < 1.29 is 9.53 Å². The third-order valence-electron chi connectivity index (χ3n) is 3.12. The van der Waals surface area contributed by atoms with Crippen LogP contribution in [0.15, 0.2) is 48.8 Å². The predicted molar refractivity (Wildman–Crippen MR) is 89.8 cm³/mol. The van der Waals surface area contributed by atoms with Crippen molar-refractivity contribution in [3.8, 4) is 17.3 Å². The molecule has 122 valence electrons. The number of pyridine rings is 2. The Morgan fingerprint density at radius 1 is 1.21 bits per heavy atom. The van der Waals surface area contributed by atoms with Crippen LogP contribution in [0.5, 0.6) is 5.88 Å². The molecule has 7 heteroatoms. The molecule has 0 aromatic carbocycles. The van der Waals surface area contributed by atoms with Gasteiger partial charge in [0.2, 0.25) is 5.88 Å². The highest BCUT2D eigenvalue weighted by Crippen LogP contribution is 2.23. The van der Waals surface area contributed by atoms with Gasteiger partial charge < -0.3 is 10.1 Å². The Morgan fingerprint density at radius 2 is 2.08 bits per heavy atom. The van der Waals surface area contributed by atoms with Gasteiger partial charge in [0.25, 0.3) is 5.91 Å². The van der Waals surface area contributed by atoms with Gasteiger partial charge in [-0.3, -0.25) is 14.9 Å². The lowest BCUT2D eigenvalue weighted by Gasteiger charge is -2.10. The Hall–Kier alpha value is -3.22. The van der Waals surface area contributed by atoms with Gasteiger partial charge >= 0.3 is 0 Å². The van der Waals surface area contributed by atoms with Crippen molar-refractivity contribution in [3.05, 3.63) is 54.5 Å². The van der Waals surface area contributed by atoms with Crippen molar-refractivity contribution in [2.75, 3.05) is 5.32 Å². The number of carbonyl (C=O) groups excluding carboxylic acids is 1. The summed E-state index contributed by atoms with van der Waals surface area (Å²) in [5, 5.41) is 9.62. The summed E-state index contributed by atoms with van der Waals surface area (Å²) in [5.41, 5.74) is 2.13. The van der Waals surface area contributed by atoms with Crippen LogP contribution < -0.4 is 10.1 Å². The van der Waals surface area contributed by atoms with Crippen molar-refractivity contribution in [2.45, 2.75) is 20.0 Å². The second kappa shape index (κ2) is 6.91. The van der Waals surface area contributed by atoms with Gasteiger partial charge in [0.15, 0.2) is 0 Å². The number of H-pyrrole nitrogens is 1. The molecule has 0 radical (unpaired) electrons. The molecule has 0 unspecified atom stereocenters. The molecule has 3 aromatic heterocycles. The highest BCUT2D eigenvalue weighted by molar-refractivity contribution is 6.04. The van der Waals surface area contributed by atoms with E-state index >= 15 is 0 Å². The Labute approximate surface area is 139 Å². The van der Waals surface area contributed by atoms with Gasteiger partial charge in [-0.2, -0.15) is 5.10 Å². The highest BCUT2D eigenvalue weighted by Gasteiger charge is 2.14. The quantitative estimate of drug-likeness (QED) is 0.753. The number of ether oxygens (including phenoxy) is 1. The van der Waals surface area contributed by atoms with Gasteiger partial charge in [-0.1, -0.05) is 12.1 Å². The van der Waals surface area contributed by atoms with Crippen LogP contribution in [-0.2, 0) is 0 Å². The molecule has 1 amide bonds. The number of aromatic amines is 1. The van der Waals surface area contributed by atoms with Gasteiger partial charge in [0.1, 0.15) is 11.4 Å². The Balaban J connectivity index is 1.80. The molecule has 7 nitrogen and oxygen atoms in total. The van der Waals surface area contributed by atoms with Gasteiger partial charge in [0.05, 0.1) is 23.7 Å². The zero-order valence-corrected chi connectivity index (χ0v) is 13.4. The maximum Gasteiger partial charge on any atom is 0.274 e. The number of carbonyl (C=O) groups is 1. The molecule has 24 heavy (non-hydrogen) atoms. The minimum Gasteiger partial charge on any atom is -0.475 e. The second-order valence-electron chi connectivity index (χ2n) is 5.36. The summed E-state index contributed by atoms with van der Waals surface area (Å²) in [6.07, 6.45) is 3.20. The summed E-state index contributed by atoms with van der Waals surface area (Å²) < 4.78 is 5.51. The van der Waals surface area contributed by atoms with Gasteiger partial charge in [0, 0.05) is 12.3 Å². The first kappa shape index (κ1) is 15.7. The third-order valence-corrected chi connectivity index (χ3v) is 3.12. The van der Waals surface area contributed by atoms with Crippen molar-refractivity contribution in [1.82, 2.24) is 20.2 Å². The summed E-state index contributed by atoms with van der Waals surface area (Å²) in [6.45, 7) is 3.80. The Morgan fingerprint density at radius 3 is 2.83 bits per heavy atom. The van der Waals surface area contributed by atoms with E-state index in [2.05, 4.69) is 25.5 Å². The molecule has 3 heterocycles. The van der Waals surface area contributed by atoms with E-state index in [0.29, 0.717) is 23.0 Å². The summed E-state index contributed by atoms with van der Waals surface area (Å²) in [5.74, 6) is 0.0672. The minimum absolute atomic E-state index is 0.0135. The largest absolute Gasteiger partial charge is 0.475 e. The summed E-state index contributed by atoms with van der Waals surface area (Å²) in [6, 6.07) is 10.6. The molecule has 3 rings (SSSR count). The molecule has 0 spiro atoms. The molecule has 0 saturated carbocycles. The van der Waals surface area contributed by atoms with Gasteiger partial charge in [-0.05, 0) is 32.0 Å². The van der Waals surface area contributed by atoms with Crippen LogP contribution in [0, 0.1) is 0 Å². The topological polar surface area (TPSA) is 92.8 Å². The molecule has 0 bridgehead atoms. The summed E-state index contributed by atoms with van der Waals surface area (Å²) in [7, 11) is 0. The SMILES string of the molecule is CC(C)Oc1cccc(C(=O)Nc2cn[nH]c2-c2ccccn2)n1. The maximum absolute atomic E-state index is 12.4. The molecule has 0 aliphatic heterocycles. The first-order valence-electron chi connectivity index (χ1n) is 7.53. The van der Waals surface area contributed by atoms with E-state index in [1.807, 2.05) is 32.0 Å². The lowest BCUT2D eigenvalue weighted by molar-refractivity contribution is 0.102. The van der Waals surface area contributed by atoms with E-state index in [4.69, 9.17) is 4.74 Å². The first-order valence-corrected chi connectivity index (χ1v) is 7.53. The van der Waals surface area contributed by atoms with E-state index < -0.39 is 0 Å². The molecule has 0 aliphatic rings. The number of hydrogen-bond acceptors (Lipinski definition) is 5. The number of aromatic nitrogens is 4. The number of anilines is 1. The molecule has 2 N–H and O–H groups in total. The first-order chi connectivity index (χ1) is 11.6. The van der Waals surface area contributed by atoms with E-state index in [-0.39, 0.29) is 17.7 Å². The fourth-order valence-electron chi connectivity index (χ4n) is 2.12. The molecule has 0 atom stereocenters. The van der Waals surface area contributed by atoms with Crippen LogP contribution in [0.2, 0.25) is 0 Å². The normalized spacial score (nSPS) is 10.6. The fourth-order valence-corrected chi connectivity index (χ4v) is 2.12. The molecule has 0 saturated heterocycles. The standard InChI is InChI=1S/C17H17N5O2/c1-11(2)24-15-8-5-7-13(20-15)17(23)21-14-10-19-22-16(14)12-6-3-4-9-18-12/h3-11H,1-2H3,(H,19,22)(H,21,23). The predicted octanol–water partition coefficient (Wildman–Crippen LogP) is 2.91. The monoisotopic (exact) mass is 323 g/mol. The number of rotatable bonds is 5. The van der Waals surface area contributed by atoms with Crippen LogP contribution in [0.1, 0.15) is 24.3 Å². The Kier molecular flexibility index (Phi) is 4.51. The lowest BCUT2D eigenvalue weighted by Crippen LogP contribution is -2.15. The number of nitrogens with zero attached hydrogens (tertiary/aromatic N) is 3. The smallest absolute Gasteiger partial charge is 0.274 e. The van der Waals surface area contributed by atoms with E-state index in [9.17, 15) is 4.79 Å². The average Bonchev–Trinajstić information content (AvgIpc) is 3.03. The van der Waals surface area contributed by atoms with Gasteiger partial charge in [-0.25, -0.2) is 4.98 Å². The van der Waals surface area contributed by atoms with E-state index in [0.717, 1.165) is 0 Å². The van der Waals surface area contributed by atoms with Crippen LogP contribution >= 0.6 is 0 Å². The molecule has 0 aliphatic carbocycles. The van der Waals surface area contributed by atoms with Crippen molar-refractivity contribution in [2.24, 2.45) is 0 Å². The lowest BCUT2D eigenvalue weighted by atomic mass is 10.2.